The van der Waals surface area contributed by atoms with Gasteiger partial charge in [0, 0.05) is 12.0 Å². The molecular formula is C11H13BrN2O. The molecule has 0 N–H and O–H groups in total. The minimum absolute atomic E-state index is 0.575. The van der Waals surface area contributed by atoms with E-state index in [1.807, 2.05) is 6.07 Å². The Morgan fingerprint density at radius 2 is 2.07 bits per heavy atom. The summed E-state index contributed by atoms with van der Waals surface area (Å²) >= 11 is 3.40. The molecule has 1 aromatic heterocycles. The molecule has 0 bridgehead atoms. The van der Waals surface area contributed by atoms with Gasteiger partial charge in [0.2, 0.25) is 5.88 Å². The van der Waals surface area contributed by atoms with Crippen LogP contribution in [0.25, 0.3) is 0 Å². The van der Waals surface area contributed by atoms with Crippen molar-refractivity contribution in [1.29, 1.82) is 0 Å². The highest BCUT2D eigenvalue weighted by Gasteiger charge is 2.28. The first-order valence-corrected chi connectivity index (χ1v) is 6.28. The lowest BCUT2D eigenvalue weighted by molar-refractivity contribution is 0.286. The fraction of sp³-hybridized carbons (Fsp3) is 0.636. The van der Waals surface area contributed by atoms with Gasteiger partial charge in [-0.3, -0.25) is 0 Å². The van der Waals surface area contributed by atoms with Crippen molar-refractivity contribution >= 4 is 15.9 Å². The first-order chi connectivity index (χ1) is 7.31. The first kappa shape index (κ1) is 9.58. The van der Waals surface area contributed by atoms with Gasteiger partial charge in [-0.25, -0.2) is 4.98 Å². The van der Waals surface area contributed by atoms with Crippen molar-refractivity contribution in [2.24, 2.45) is 5.92 Å². The Labute approximate surface area is 97.4 Å². The minimum atomic E-state index is 0.575. The van der Waals surface area contributed by atoms with Gasteiger partial charge in [-0.15, -0.1) is 0 Å². The van der Waals surface area contributed by atoms with Gasteiger partial charge in [-0.2, -0.15) is 4.98 Å². The maximum Gasteiger partial charge on any atom is 0.217 e. The molecule has 1 aromatic rings. The second kappa shape index (κ2) is 3.74. The van der Waals surface area contributed by atoms with Crippen molar-refractivity contribution in [1.82, 2.24) is 9.97 Å². The van der Waals surface area contributed by atoms with E-state index in [2.05, 4.69) is 25.9 Å². The summed E-state index contributed by atoms with van der Waals surface area (Å²) in [5, 5.41) is 0. The van der Waals surface area contributed by atoms with Gasteiger partial charge in [0.1, 0.15) is 10.4 Å². The van der Waals surface area contributed by atoms with Crippen molar-refractivity contribution in [3.05, 3.63) is 16.5 Å². The fourth-order valence-electron chi connectivity index (χ4n) is 1.50. The Kier molecular flexibility index (Phi) is 2.39. The molecule has 2 fully saturated rings. The van der Waals surface area contributed by atoms with Crippen LogP contribution in [0.4, 0.5) is 0 Å². The predicted molar refractivity (Wildman–Crippen MR) is 59.9 cm³/mol. The van der Waals surface area contributed by atoms with Crippen molar-refractivity contribution in [3.8, 4) is 5.88 Å². The molecule has 0 amide bonds. The molecule has 2 saturated carbocycles. The van der Waals surface area contributed by atoms with Crippen LogP contribution in [0.2, 0.25) is 0 Å². The number of nitrogens with zero attached hydrogens (tertiary/aromatic N) is 2. The molecular weight excluding hydrogens is 256 g/mol. The summed E-state index contributed by atoms with van der Waals surface area (Å²) in [6.45, 7) is 0.813. The lowest BCUT2D eigenvalue weighted by Crippen LogP contribution is -2.03. The number of ether oxygens (including phenoxy) is 1. The lowest BCUT2D eigenvalue weighted by Gasteiger charge is -2.06. The maximum atomic E-state index is 5.65. The molecule has 2 aliphatic carbocycles. The summed E-state index contributed by atoms with van der Waals surface area (Å²) in [6, 6.07) is 1.86. The predicted octanol–water partition coefficient (Wildman–Crippen LogP) is 2.91. The summed E-state index contributed by atoms with van der Waals surface area (Å²) in [5.41, 5.74) is 0. The van der Waals surface area contributed by atoms with Gasteiger partial charge < -0.3 is 4.74 Å². The molecule has 2 aliphatic rings. The van der Waals surface area contributed by atoms with Crippen LogP contribution >= 0.6 is 15.9 Å². The summed E-state index contributed by atoms with van der Waals surface area (Å²) in [5.74, 6) is 3.01. The summed E-state index contributed by atoms with van der Waals surface area (Å²) in [4.78, 5) is 8.80. The van der Waals surface area contributed by atoms with Crippen LogP contribution in [0.5, 0.6) is 5.88 Å². The smallest absolute Gasteiger partial charge is 0.217 e. The van der Waals surface area contributed by atoms with Crippen LogP contribution in [0, 0.1) is 5.92 Å². The molecule has 0 aromatic carbocycles. The van der Waals surface area contributed by atoms with Crippen LogP contribution in [0.15, 0.2) is 10.7 Å². The molecule has 0 unspecified atom stereocenters. The van der Waals surface area contributed by atoms with E-state index in [0.717, 1.165) is 28.8 Å². The Hall–Kier alpha value is -0.640. The Bertz CT molecular complexity index is 375. The second-order valence-electron chi connectivity index (χ2n) is 4.42. The quantitative estimate of drug-likeness (QED) is 0.788. The van der Waals surface area contributed by atoms with E-state index in [9.17, 15) is 0 Å². The highest BCUT2D eigenvalue weighted by molar-refractivity contribution is 9.10. The molecule has 3 rings (SSSR count). The van der Waals surface area contributed by atoms with Gasteiger partial charge >= 0.3 is 0 Å². The normalized spacial score (nSPS) is 20.3. The SMILES string of the molecule is Brc1cc(OCC2CC2)nc(C2CC2)n1. The highest BCUT2D eigenvalue weighted by atomic mass is 79.9. The third-order valence-corrected chi connectivity index (χ3v) is 3.20. The van der Waals surface area contributed by atoms with Gasteiger partial charge in [-0.1, -0.05) is 0 Å². The molecule has 1 heterocycles. The molecule has 4 heteroatoms. The second-order valence-corrected chi connectivity index (χ2v) is 5.23. The van der Waals surface area contributed by atoms with Gasteiger partial charge in [0.15, 0.2) is 0 Å². The van der Waals surface area contributed by atoms with Gasteiger partial charge in [-0.05, 0) is 47.5 Å². The zero-order valence-electron chi connectivity index (χ0n) is 8.45. The lowest BCUT2D eigenvalue weighted by atomic mass is 10.4. The Morgan fingerprint density at radius 3 is 2.73 bits per heavy atom. The number of hydrogen-bond donors (Lipinski definition) is 0. The number of hydrogen-bond acceptors (Lipinski definition) is 3. The topological polar surface area (TPSA) is 35.0 Å². The number of halogens is 1. The van der Waals surface area contributed by atoms with Crippen molar-refractivity contribution in [2.45, 2.75) is 31.6 Å². The third-order valence-electron chi connectivity index (χ3n) is 2.80. The average Bonchev–Trinajstić information content (AvgIpc) is 3.06. The number of aromatic nitrogens is 2. The zero-order valence-corrected chi connectivity index (χ0v) is 10.0. The summed E-state index contributed by atoms with van der Waals surface area (Å²) < 4.78 is 6.49. The molecule has 0 saturated heterocycles. The van der Waals surface area contributed by atoms with Crippen molar-refractivity contribution < 1.29 is 4.74 Å². The first-order valence-electron chi connectivity index (χ1n) is 5.48. The average molecular weight is 269 g/mol. The molecule has 15 heavy (non-hydrogen) atoms. The largest absolute Gasteiger partial charge is 0.477 e. The Morgan fingerprint density at radius 1 is 1.27 bits per heavy atom. The zero-order chi connectivity index (χ0) is 10.3. The van der Waals surface area contributed by atoms with Crippen LogP contribution in [-0.2, 0) is 0 Å². The van der Waals surface area contributed by atoms with E-state index in [1.165, 1.54) is 25.7 Å². The molecule has 0 radical (unpaired) electrons. The van der Waals surface area contributed by atoms with Crippen LogP contribution < -0.4 is 4.74 Å². The van der Waals surface area contributed by atoms with Crippen LogP contribution in [-0.4, -0.2) is 16.6 Å². The van der Waals surface area contributed by atoms with E-state index >= 15 is 0 Å². The standard InChI is InChI=1S/C11H13BrN2O/c12-9-5-10(15-6-7-1-2-7)14-11(13-9)8-3-4-8/h5,7-8H,1-4,6H2. The van der Waals surface area contributed by atoms with Crippen molar-refractivity contribution in [2.75, 3.05) is 6.61 Å². The molecule has 0 spiro atoms. The summed E-state index contributed by atoms with van der Waals surface area (Å²) in [7, 11) is 0. The van der Waals surface area contributed by atoms with E-state index < -0.39 is 0 Å². The Balaban J connectivity index is 1.73. The molecule has 80 valence electrons. The third kappa shape index (κ3) is 2.48. The summed E-state index contributed by atoms with van der Waals surface area (Å²) in [6.07, 6.45) is 5.06. The molecule has 3 nitrogen and oxygen atoms in total. The van der Waals surface area contributed by atoms with Crippen LogP contribution in [0.3, 0.4) is 0 Å². The van der Waals surface area contributed by atoms with Gasteiger partial charge in [0.25, 0.3) is 0 Å². The van der Waals surface area contributed by atoms with E-state index in [4.69, 9.17) is 4.74 Å². The van der Waals surface area contributed by atoms with Crippen LogP contribution in [0.1, 0.15) is 37.4 Å². The molecule has 0 atom stereocenters. The van der Waals surface area contributed by atoms with Crippen molar-refractivity contribution in [3.63, 3.8) is 0 Å². The fourth-order valence-corrected chi connectivity index (χ4v) is 1.88. The molecule has 0 aliphatic heterocycles. The maximum absolute atomic E-state index is 5.65. The van der Waals surface area contributed by atoms with E-state index in [1.54, 1.807) is 0 Å². The highest BCUT2D eigenvalue weighted by Crippen LogP contribution is 2.39. The van der Waals surface area contributed by atoms with Gasteiger partial charge in [0.05, 0.1) is 6.61 Å². The minimum Gasteiger partial charge on any atom is -0.477 e. The van der Waals surface area contributed by atoms with E-state index in [-0.39, 0.29) is 0 Å². The monoisotopic (exact) mass is 268 g/mol. The van der Waals surface area contributed by atoms with E-state index in [0.29, 0.717) is 5.92 Å². The number of rotatable bonds is 4.